The Labute approximate surface area is 682 Å². The van der Waals surface area contributed by atoms with Gasteiger partial charge in [-0.15, -0.1) is 0 Å². The third-order valence-electron chi connectivity index (χ3n) is 9.72. The van der Waals surface area contributed by atoms with Crippen LogP contribution in [0.4, 0.5) is 0 Å². The zero-order chi connectivity index (χ0) is 89.6. The summed E-state index contributed by atoms with van der Waals surface area (Å²) >= 11 is 0. The van der Waals surface area contributed by atoms with E-state index < -0.39 is 5.97 Å². The number of carbonyl (C=O) groups is 4. The van der Waals surface area contributed by atoms with E-state index in [0.717, 1.165) is 53.8 Å². The Morgan fingerprint density at radius 3 is 0.718 bits per heavy atom. The van der Waals surface area contributed by atoms with Gasteiger partial charge >= 0.3 is 23.9 Å². The molecule has 4 aromatic rings. The number of carbonyl (C=O) groups excluding carboxylic acids is 4. The lowest BCUT2D eigenvalue weighted by Crippen LogP contribution is -2.08. The number of hydrogen-bond acceptors (Lipinski definition) is 12. The van der Waals surface area contributed by atoms with Crippen LogP contribution in [0.3, 0.4) is 0 Å². The molecule has 0 aromatic heterocycles. The van der Waals surface area contributed by atoms with Crippen LogP contribution in [0.2, 0.25) is 0 Å². The Bertz CT molecular complexity index is 4740. The minimum absolute atomic E-state index is 0.359. The Balaban J connectivity index is 0.00000116. The molecule has 82 heteroatoms. The van der Waals surface area contributed by atoms with E-state index in [1.807, 2.05) is 62.4 Å². The van der Waals surface area contributed by atoms with Crippen molar-refractivity contribution in [3.05, 3.63) is 127 Å². The number of aryl methyl sites for hydroxylation is 2. The quantitative estimate of drug-likeness (QED) is 0.00792. The van der Waals surface area contributed by atoms with E-state index in [0.29, 0.717) is 43.5 Å². The van der Waals surface area contributed by atoms with E-state index in [-0.39, 0.29) is 17.9 Å². The molecule has 0 saturated carbocycles. The molecular formula is C42H52N72O10. The summed E-state index contributed by atoms with van der Waals surface area (Å²) < 4.78 is 30.4. The maximum Gasteiger partial charge on any atom is 0.343 e. The molecule has 0 aliphatic rings. The largest absolute Gasteiger partial charge is 0.494 e. The lowest BCUT2D eigenvalue weighted by atomic mass is 10.1. The van der Waals surface area contributed by atoms with E-state index in [9.17, 15) is 19.2 Å². The molecule has 640 valence electrons. The van der Waals surface area contributed by atoms with Gasteiger partial charge < -0.3 is 40.1 Å². The molecule has 124 heavy (non-hydrogen) atoms. The predicted octanol–water partition coefficient (Wildman–Crippen LogP) is 20.0. The van der Waals surface area contributed by atoms with Crippen molar-refractivity contribution in [3.63, 3.8) is 0 Å². The molecule has 0 aliphatic carbocycles. The highest BCUT2D eigenvalue weighted by Crippen LogP contribution is 2.26. The van der Waals surface area contributed by atoms with Gasteiger partial charge in [-0.3, -0.25) is 4.79 Å². The Morgan fingerprint density at radius 1 is 0.282 bits per heavy atom. The Morgan fingerprint density at radius 2 is 0.492 bits per heavy atom. The van der Waals surface area contributed by atoms with Crippen LogP contribution < -0.4 is 25.9 Å². The van der Waals surface area contributed by atoms with Gasteiger partial charge in [0.1, 0.15) is 17.2 Å². The van der Waals surface area contributed by atoms with Crippen molar-refractivity contribution in [1.82, 2.24) is 0 Å². The van der Waals surface area contributed by atoms with E-state index in [2.05, 4.69) is 390 Å². The summed E-state index contributed by atoms with van der Waals surface area (Å²) in [5.74, 6) is 9.60. The first-order valence-corrected chi connectivity index (χ1v) is 31.1. The van der Waals surface area contributed by atoms with Crippen LogP contribution >= 0.6 is 0 Å². The normalized spacial score (nSPS) is 13.2. The molecule has 0 aliphatic heterocycles. The van der Waals surface area contributed by atoms with Crippen LogP contribution in [-0.2, 0) is 28.6 Å². The fourth-order valence-corrected chi connectivity index (χ4v) is 5.42. The van der Waals surface area contributed by atoms with Crippen molar-refractivity contribution < 1.29 is 47.6 Å². The van der Waals surface area contributed by atoms with Crippen molar-refractivity contribution in [2.75, 3.05) is 33.5 Å². The van der Waals surface area contributed by atoms with Gasteiger partial charge in [0.05, 0.1) is 25.4 Å². The molecule has 0 heterocycles. The fourth-order valence-electron chi connectivity index (χ4n) is 5.42. The summed E-state index contributed by atoms with van der Waals surface area (Å²) in [6.45, 7) is 14.2. The van der Waals surface area contributed by atoms with Gasteiger partial charge in [0, 0.05) is 315 Å². The first kappa shape index (κ1) is 102. The number of fused-ring (bicyclic) bond motifs is 1. The molecule has 0 amide bonds. The molecule has 0 radical (unpaired) electrons. The Hall–Kier alpha value is -20.1. The smallest absolute Gasteiger partial charge is 0.343 e. The standard InChI is InChI=1S/C20H16O4.C14H18O3.C8H14O3.H4N72/c1-13-3-5-15(6-4-13)20(22)24-19-10-8-16-11-18(23-14(2)21)9-7-17(16)12-19;1-3-14(15)17-11-5-4-10-16-13-8-6-12(2)7-9-13;1-3-8(9)11-7-5-4-6-10-2;1-3-5-7-9-11-13-15-17-19-21-23-25-27-29-31-33-35-37-39-41-43-45-47-49-51-53-55-57-59-61-63-65-67-69-71-72-70-68-66-64-62-60-58-56-54-52-50-48-46-44-42-40-38-36-34-32-30-28-26-24-22-20-18-16-14-12-10-8-6-4-2/h3-12H,1-2H3;3,6-9H,1,4-5,10-11H2,2H3;3H,1,4-7H2,2H3;(H2,1,4,5,8,9,12,13,16,17,20,21,24,25,28,29,32,33,36,37,40,41,44,45,48,49,52,53,56,57,60,61,64,65,68,69,72)(H2,2,3,6,7,10,11,14,15,18,19,22,23,26,27,30,31,34,35,38,39,42,43,46,47,50,51,54,55,58,59,62,63,66,67,70,71). The monoisotopic (exact) mass is 1720 g/mol. The van der Waals surface area contributed by atoms with Crippen LogP contribution in [0.15, 0.2) is 476 Å². The molecule has 0 unspecified atom stereocenters. The molecule has 0 fully saturated rings. The van der Waals surface area contributed by atoms with Crippen molar-refractivity contribution >= 4 is 34.6 Å². The van der Waals surface area contributed by atoms with E-state index in [1.165, 1.54) is 18.6 Å². The average molecular weight is 1730 g/mol. The number of unbranched alkanes of at least 4 members (excludes halogenated alkanes) is 2. The zero-order valence-corrected chi connectivity index (χ0v) is 62.9. The van der Waals surface area contributed by atoms with Gasteiger partial charge in [-0.1, -0.05) is 71.1 Å². The first-order valence-electron chi connectivity index (χ1n) is 31.1. The van der Waals surface area contributed by atoms with Crippen molar-refractivity contribution in [1.29, 1.82) is 0 Å². The predicted molar refractivity (Wildman–Crippen MR) is 379 cm³/mol. The van der Waals surface area contributed by atoms with Crippen LogP contribution in [0.5, 0.6) is 17.2 Å². The second-order valence-electron chi connectivity index (χ2n) is 17.6. The molecule has 4 aromatic carbocycles. The molecule has 82 nitrogen and oxygen atoms in total. The number of hydrogen-bond donors (Lipinski definition) is 2. The number of rotatable bonds is 50. The molecule has 0 bridgehead atoms. The van der Waals surface area contributed by atoms with E-state index in [4.69, 9.17) is 28.4 Å². The first-order chi connectivity index (χ1) is 60.9. The summed E-state index contributed by atoms with van der Waals surface area (Å²) in [6.07, 6.45) is 5.75. The van der Waals surface area contributed by atoms with Gasteiger partial charge in [0.25, 0.3) is 0 Å². The number of methoxy groups -OCH3 is 1. The lowest BCUT2D eigenvalue weighted by Gasteiger charge is -2.07. The van der Waals surface area contributed by atoms with E-state index >= 15 is 0 Å². The SMILES string of the molecule is C=CC(=O)OCCCCOC.C=CC(=O)OCCCCOc1ccc(C)cc1.CC(=O)Oc1ccc2cc(OC(=O)c3ccc(C)cc3)ccc2c1.N/N=N/N=N/N=N/N=N/N=N/N=N/N=N/N=N/N=N/N=N/N=N/N=N/N=N/N=N/N=N/N=N/N=N/N=N/N=N/N=N/N=N/N=N/N=N/N=N/N=N/N=N/N=N/N=N/N=N/N=N/N=N/N=N/N=N/N=N/N=N/N. The molecule has 4 rings (SSSR count). The number of nitrogens with two attached hydrogens (primary N) is 2. The molecule has 0 saturated heterocycles. The highest BCUT2D eigenvalue weighted by molar-refractivity contribution is 5.92. The van der Waals surface area contributed by atoms with Crippen LogP contribution in [0.1, 0.15) is 54.1 Å². The highest BCUT2D eigenvalue weighted by atomic mass is 16.5. The fraction of sp³-hybridized carbons (Fsp3) is 0.286. The highest BCUT2D eigenvalue weighted by Gasteiger charge is 2.10. The van der Waals surface area contributed by atoms with Gasteiger partial charge in [0.15, 0.2) is 0 Å². The Kier molecular flexibility index (Phi) is 65.3. The van der Waals surface area contributed by atoms with E-state index in [1.54, 1.807) is 43.5 Å². The minimum Gasteiger partial charge on any atom is -0.494 e. The number of benzene rings is 4. The van der Waals surface area contributed by atoms with Gasteiger partial charge in [-0.25, -0.2) is 14.4 Å². The van der Waals surface area contributed by atoms with Gasteiger partial charge in [0.2, 0.25) is 0 Å². The van der Waals surface area contributed by atoms with Crippen LogP contribution in [0.25, 0.3) is 10.8 Å². The number of nitrogens with zero attached hydrogens (tertiary/aromatic N) is 70. The van der Waals surface area contributed by atoms with Crippen molar-refractivity contribution in [3.8, 4) is 17.2 Å². The van der Waals surface area contributed by atoms with Crippen LogP contribution in [-0.4, -0.2) is 57.4 Å². The minimum atomic E-state index is -0.397. The average Bonchev–Trinajstić information content (AvgIpc) is 0.821. The van der Waals surface area contributed by atoms with Crippen molar-refractivity contribution in [2.24, 2.45) is 377 Å². The topological polar surface area (TPSA) is 1040 Å². The molecular weight excluding hydrogens is 1670 g/mol. The zero-order valence-electron chi connectivity index (χ0n) is 62.9. The van der Waals surface area contributed by atoms with Crippen LogP contribution in [0, 0.1) is 13.8 Å². The van der Waals surface area contributed by atoms with Gasteiger partial charge in [-0.2, -0.15) is 0 Å². The van der Waals surface area contributed by atoms with Crippen molar-refractivity contribution in [2.45, 2.75) is 46.5 Å². The second kappa shape index (κ2) is 79.5. The molecule has 0 spiro atoms. The third-order valence-corrected chi connectivity index (χ3v) is 9.72. The summed E-state index contributed by atoms with van der Waals surface area (Å²) in [5.41, 5.74) is 2.81. The number of esters is 4. The van der Waals surface area contributed by atoms with Gasteiger partial charge in [-0.05, 0) is 172 Å². The number of ether oxygens (including phenoxy) is 6. The maximum atomic E-state index is 12.2. The summed E-state index contributed by atoms with van der Waals surface area (Å²) in [5, 5.41) is 211. The maximum absolute atomic E-state index is 12.2. The third kappa shape index (κ3) is 68.6. The summed E-state index contributed by atoms with van der Waals surface area (Å²) in [7, 11) is 1.65. The lowest BCUT2D eigenvalue weighted by molar-refractivity contribution is -0.138. The molecule has 4 N–H and O–H groups in total. The summed E-state index contributed by atoms with van der Waals surface area (Å²) in [4.78, 5) is 44.4. The summed E-state index contributed by atoms with van der Waals surface area (Å²) in [6, 6.07) is 25.7. The molecule has 0 atom stereocenters. The second-order valence-corrected chi connectivity index (χ2v) is 17.6.